The minimum Gasteiger partial charge on any atom is -0.495 e. The van der Waals surface area contributed by atoms with Crippen molar-refractivity contribution in [3.05, 3.63) is 82.7 Å². The van der Waals surface area contributed by atoms with Gasteiger partial charge in [-0.15, -0.1) is 0 Å². The van der Waals surface area contributed by atoms with Crippen LogP contribution in [0.1, 0.15) is 5.69 Å². The van der Waals surface area contributed by atoms with E-state index >= 15 is 0 Å². The van der Waals surface area contributed by atoms with Gasteiger partial charge in [0, 0.05) is 22.1 Å². The number of rotatable bonds is 6. The molecule has 1 saturated heterocycles. The topological polar surface area (TPSA) is 92.7 Å². The fourth-order valence-corrected chi connectivity index (χ4v) is 3.70. The molecule has 0 radical (unpaired) electrons. The van der Waals surface area contributed by atoms with E-state index in [4.69, 9.17) is 4.74 Å². The Kier molecular flexibility index (Phi) is 6.09. The summed E-state index contributed by atoms with van der Waals surface area (Å²) in [6, 6.07) is 17.6. The van der Waals surface area contributed by atoms with E-state index in [1.807, 2.05) is 47.2 Å². The maximum absolute atomic E-state index is 12.8. The quantitative estimate of drug-likeness (QED) is 0.402. The Morgan fingerprint density at radius 1 is 1.12 bits per heavy atom. The second-order valence-electron chi connectivity index (χ2n) is 6.91. The van der Waals surface area contributed by atoms with Crippen LogP contribution >= 0.6 is 15.9 Å². The molecular weight excluding hydrogens is 476 g/mol. The molecule has 0 saturated carbocycles. The molecule has 0 bridgehead atoms. The van der Waals surface area contributed by atoms with Crippen molar-refractivity contribution in [3.8, 4) is 11.4 Å². The first kappa shape index (κ1) is 21.4. The van der Waals surface area contributed by atoms with E-state index in [0.717, 1.165) is 15.1 Å². The van der Waals surface area contributed by atoms with Crippen LogP contribution in [0.3, 0.4) is 0 Å². The van der Waals surface area contributed by atoms with E-state index in [9.17, 15) is 14.4 Å². The zero-order valence-electron chi connectivity index (χ0n) is 17.0. The second kappa shape index (κ2) is 9.11. The van der Waals surface area contributed by atoms with Crippen LogP contribution in [0.4, 0.5) is 10.5 Å². The van der Waals surface area contributed by atoms with Crippen molar-refractivity contribution in [2.24, 2.45) is 0 Å². The third-order valence-corrected chi connectivity index (χ3v) is 5.30. The first-order valence-corrected chi connectivity index (χ1v) is 10.5. The van der Waals surface area contributed by atoms with E-state index in [2.05, 4.69) is 26.6 Å². The number of nitrogens with zero attached hydrogens (tertiary/aromatic N) is 2. The summed E-state index contributed by atoms with van der Waals surface area (Å²) in [6.07, 6.45) is 3.44. The number of carbonyl (C=O) groups is 3. The van der Waals surface area contributed by atoms with Gasteiger partial charge in [-0.2, -0.15) is 0 Å². The summed E-state index contributed by atoms with van der Waals surface area (Å²) < 4.78 is 8.00. The molecule has 2 N–H and O–H groups in total. The summed E-state index contributed by atoms with van der Waals surface area (Å²) in [7, 11) is 1.49. The van der Waals surface area contributed by atoms with E-state index < -0.39 is 24.4 Å². The number of hydrogen-bond acceptors (Lipinski definition) is 4. The second-order valence-corrected chi connectivity index (χ2v) is 7.83. The molecule has 2 aromatic carbocycles. The summed E-state index contributed by atoms with van der Waals surface area (Å²) in [4.78, 5) is 38.5. The fourth-order valence-electron chi connectivity index (χ4n) is 3.32. The summed E-state index contributed by atoms with van der Waals surface area (Å²) in [5.41, 5.74) is 2.14. The lowest BCUT2D eigenvalue weighted by Gasteiger charge is -2.13. The van der Waals surface area contributed by atoms with Gasteiger partial charge in [-0.1, -0.05) is 34.1 Å². The van der Waals surface area contributed by atoms with Crippen molar-refractivity contribution in [1.29, 1.82) is 0 Å². The predicted octanol–water partition coefficient (Wildman–Crippen LogP) is 3.78. The van der Waals surface area contributed by atoms with Gasteiger partial charge in [0.15, 0.2) is 0 Å². The normalized spacial score (nSPS) is 14.6. The van der Waals surface area contributed by atoms with Gasteiger partial charge in [0.1, 0.15) is 18.0 Å². The van der Waals surface area contributed by atoms with Crippen molar-refractivity contribution in [2.45, 2.75) is 0 Å². The van der Waals surface area contributed by atoms with Crippen molar-refractivity contribution in [3.63, 3.8) is 0 Å². The van der Waals surface area contributed by atoms with Crippen LogP contribution in [0.25, 0.3) is 11.8 Å². The summed E-state index contributed by atoms with van der Waals surface area (Å²) in [6.45, 7) is -0.424. The fraction of sp³-hybridized carbons (Fsp3) is 0.0870. The van der Waals surface area contributed by atoms with Gasteiger partial charge in [-0.3, -0.25) is 9.59 Å². The van der Waals surface area contributed by atoms with E-state index in [1.54, 1.807) is 30.3 Å². The van der Waals surface area contributed by atoms with Crippen molar-refractivity contribution in [2.75, 3.05) is 19.0 Å². The van der Waals surface area contributed by atoms with E-state index in [0.29, 0.717) is 17.1 Å². The molecule has 1 aliphatic heterocycles. The Labute approximate surface area is 192 Å². The lowest BCUT2D eigenvalue weighted by atomic mass is 10.2. The zero-order chi connectivity index (χ0) is 22.7. The van der Waals surface area contributed by atoms with Crippen molar-refractivity contribution >= 4 is 45.5 Å². The monoisotopic (exact) mass is 494 g/mol. The lowest BCUT2D eigenvalue weighted by Crippen LogP contribution is -2.38. The maximum atomic E-state index is 12.8. The number of methoxy groups -OCH3 is 1. The van der Waals surface area contributed by atoms with Gasteiger partial charge >= 0.3 is 6.03 Å². The Bertz CT molecular complexity index is 1230. The number of urea groups is 1. The molecule has 1 fully saturated rings. The molecular formula is C23H19BrN4O4. The van der Waals surface area contributed by atoms with Crippen molar-refractivity contribution < 1.29 is 19.1 Å². The number of carbonyl (C=O) groups excluding carboxylic acids is 3. The molecule has 8 nitrogen and oxygen atoms in total. The minimum atomic E-state index is -0.656. The summed E-state index contributed by atoms with van der Waals surface area (Å²) >= 11 is 3.45. The Hall–Kier alpha value is -3.85. The molecule has 1 aliphatic rings. The van der Waals surface area contributed by atoms with Crippen LogP contribution in [0.5, 0.6) is 5.75 Å². The Morgan fingerprint density at radius 3 is 2.72 bits per heavy atom. The number of ether oxygens (including phenoxy) is 1. The molecule has 0 unspecified atom stereocenters. The third kappa shape index (κ3) is 4.42. The maximum Gasteiger partial charge on any atom is 0.329 e. The van der Waals surface area contributed by atoms with Crippen LogP contribution < -0.4 is 15.4 Å². The molecule has 2 heterocycles. The van der Waals surface area contributed by atoms with Crippen LogP contribution in [-0.2, 0) is 9.59 Å². The van der Waals surface area contributed by atoms with Crippen LogP contribution in [-0.4, -0.2) is 41.0 Å². The Morgan fingerprint density at radius 2 is 1.94 bits per heavy atom. The number of para-hydroxylation sites is 2. The van der Waals surface area contributed by atoms with Gasteiger partial charge in [-0.05, 0) is 48.5 Å². The number of nitrogens with one attached hydrogen (secondary N) is 2. The van der Waals surface area contributed by atoms with Crippen LogP contribution in [0.2, 0.25) is 0 Å². The molecule has 162 valence electrons. The standard InChI is InChI=1S/C23H19BrN4O4/c1-32-20-10-3-2-9-18(20)25-21(29)14-28-22(30)19(26-23(28)31)13-17-8-5-11-27(17)16-7-4-6-15(24)12-16/h2-13H,14H2,1H3,(H,25,29)(H,26,31)/b19-13+. The molecule has 4 amide bonds. The van der Waals surface area contributed by atoms with Gasteiger partial charge in [0.2, 0.25) is 5.91 Å². The highest BCUT2D eigenvalue weighted by molar-refractivity contribution is 9.10. The summed E-state index contributed by atoms with van der Waals surface area (Å²) in [5.74, 6) is -0.615. The number of anilines is 1. The smallest absolute Gasteiger partial charge is 0.329 e. The van der Waals surface area contributed by atoms with Gasteiger partial charge < -0.3 is 19.9 Å². The van der Waals surface area contributed by atoms with Gasteiger partial charge in [-0.25, -0.2) is 9.69 Å². The Balaban J connectivity index is 1.51. The first-order chi connectivity index (χ1) is 15.5. The predicted molar refractivity (Wildman–Crippen MR) is 123 cm³/mol. The third-order valence-electron chi connectivity index (χ3n) is 4.80. The lowest BCUT2D eigenvalue weighted by molar-refractivity contribution is -0.127. The molecule has 4 rings (SSSR count). The van der Waals surface area contributed by atoms with E-state index in [-0.39, 0.29) is 5.70 Å². The molecule has 32 heavy (non-hydrogen) atoms. The SMILES string of the molecule is COc1ccccc1NC(=O)CN1C(=O)N/C(=C/c2cccn2-c2cccc(Br)c2)C1=O. The largest absolute Gasteiger partial charge is 0.495 e. The first-order valence-electron chi connectivity index (χ1n) is 9.67. The zero-order valence-corrected chi connectivity index (χ0v) is 18.6. The van der Waals surface area contributed by atoms with Gasteiger partial charge in [0.25, 0.3) is 5.91 Å². The highest BCUT2D eigenvalue weighted by Crippen LogP contribution is 2.24. The van der Waals surface area contributed by atoms with Crippen LogP contribution in [0, 0.1) is 0 Å². The minimum absolute atomic E-state index is 0.0926. The number of benzene rings is 2. The molecule has 0 spiro atoms. The van der Waals surface area contributed by atoms with Crippen molar-refractivity contribution in [1.82, 2.24) is 14.8 Å². The molecule has 0 atom stereocenters. The molecule has 3 aromatic rings. The molecule has 0 aliphatic carbocycles. The van der Waals surface area contributed by atoms with E-state index in [1.165, 1.54) is 7.11 Å². The molecule has 1 aromatic heterocycles. The number of aromatic nitrogens is 1. The molecule has 9 heteroatoms. The van der Waals surface area contributed by atoms with Gasteiger partial charge in [0.05, 0.1) is 12.8 Å². The summed E-state index contributed by atoms with van der Waals surface area (Å²) in [5, 5.41) is 5.21. The average Bonchev–Trinajstić information content (AvgIpc) is 3.34. The van der Waals surface area contributed by atoms with Crippen LogP contribution in [0.15, 0.2) is 77.0 Å². The number of amides is 4. The number of imide groups is 1. The highest BCUT2D eigenvalue weighted by Gasteiger charge is 2.35. The number of hydrogen-bond donors (Lipinski definition) is 2. The average molecular weight is 495 g/mol. The highest BCUT2D eigenvalue weighted by atomic mass is 79.9. The number of halogens is 1.